The molecule has 1 atom stereocenters. The van der Waals surface area contributed by atoms with Crippen LogP contribution in [-0.4, -0.2) is 52.6 Å². The second-order valence-electron chi connectivity index (χ2n) is 7.13. The highest BCUT2D eigenvalue weighted by atomic mass is 16.7. The Kier molecular flexibility index (Phi) is 3.94. The van der Waals surface area contributed by atoms with Crippen molar-refractivity contribution in [3.8, 4) is 22.9 Å². The van der Waals surface area contributed by atoms with Gasteiger partial charge in [0.15, 0.2) is 17.3 Å². The standard InChI is InChI=1S/C20H21N5O3/c1-12-4-6-14(7-5-12)25-20(21-22-23-25)17-16-13(8-9-24(17)2)10-15-18(19(16)26-3)28-11-27-15/h4-7,10,17H,8-9,11H2,1-3H3/t17-/m0/s1. The van der Waals surface area contributed by atoms with Crippen molar-refractivity contribution in [1.29, 1.82) is 0 Å². The molecule has 1 aromatic heterocycles. The Morgan fingerprint density at radius 3 is 2.79 bits per heavy atom. The minimum atomic E-state index is -0.162. The molecule has 8 heteroatoms. The van der Waals surface area contributed by atoms with Crippen molar-refractivity contribution in [2.75, 3.05) is 27.5 Å². The van der Waals surface area contributed by atoms with Crippen molar-refractivity contribution >= 4 is 0 Å². The zero-order valence-corrected chi connectivity index (χ0v) is 16.0. The van der Waals surface area contributed by atoms with Crippen molar-refractivity contribution in [2.24, 2.45) is 0 Å². The van der Waals surface area contributed by atoms with Crippen LogP contribution in [0.4, 0.5) is 0 Å². The summed E-state index contributed by atoms with van der Waals surface area (Å²) in [6.45, 7) is 3.14. The van der Waals surface area contributed by atoms with Gasteiger partial charge < -0.3 is 14.2 Å². The van der Waals surface area contributed by atoms with Gasteiger partial charge in [-0.3, -0.25) is 4.90 Å². The van der Waals surface area contributed by atoms with E-state index >= 15 is 0 Å². The zero-order valence-electron chi connectivity index (χ0n) is 16.0. The first kappa shape index (κ1) is 17.0. The molecule has 3 aromatic rings. The van der Waals surface area contributed by atoms with Gasteiger partial charge in [0.05, 0.1) is 12.8 Å². The lowest BCUT2D eigenvalue weighted by atomic mass is 9.90. The van der Waals surface area contributed by atoms with Crippen LogP contribution < -0.4 is 14.2 Å². The minimum Gasteiger partial charge on any atom is -0.492 e. The number of benzene rings is 2. The number of aryl methyl sites for hydroxylation is 1. The van der Waals surface area contributed by atoms with Crippen LogP contribution in [0.2, 0.25) is 0 Å². The van der Waals surface area contributed by atoms with Crippen LogP contribution in [0.3, 0.4) is 0 Å². The van der Waals surface area contributed by atoms with Crippen molar-refractivity contribution in [1.82, 2.24) is 25.1 Å². The molecule has 28 heavy (non-hydrogen) atoms. The molecule has 2 aromatic carbocycles. The van der Waals surface area contributed by atoms with E-state index in [-0.39, 0.29) is 12.8 Å². The molecule has 0 spiro atoms. The number of methoxy groups -OCH3 is 1. The monoisotopic (exact) mass is 379 g/mol. The van der Waals surface area contributed by atoms with Crippen LogP contribution in [0.5, 0.6) is 17.2 Å². The molecule has 0 fully saturated rings. The lowest BCUT2D eigenvalue weighted by molar-refractivity contribution is 0.170. The molecule has 3 heterocycles. The van der Waals surface area contributed by atoms with Gasteiger partial charge in [-0.15, -0.1) is 5.10 Å². The van der Waals surface area contributed by atoms with E-state index in [9.17, 15) is 0 Å². The van der Waals surface area contributed by atoms with Gasteiger partial charge in [0.1, 0.15) is 6.04 Å². The molecule has 0 unspecified atom stereocenters. The molecule has 0 saturated heterocycles. The number of tetrazole rings is 1. The van der Waals surface area contributed by atoms with E-state index in [0.717, 1.165) is 35.8 Å². The van der Waals surface area contributed by atoms with Crippen LogP contribution in [0.25, 0.3) is 5.69 Å². The highest BCUT2D eigenvalue weighted by Gasteiger charge is 2.37. The first-order chi connectivity index (χ1) is 13.7. The smallest absolute Gasteiger partial charge is 0.231 e. The first-order valence-corrected chi connectivity index (χ1v) is 9.22. The number of likely N-dealkylation sites (N-methyl/N-ethyl adjacent to an activating group) is 1. The van der Waals surface area contributed by atoms with E-state index in [1.54, 1.807) is 11.8 Å². The van der Waals surface area contributed by atoms with E-state index in [4.69, 9.17) is 14.2 Å². The number of hydrogen-bond donors (Lipinski definition) is 0. The molecule has 0 aliphatic carbocycles. The van der Waals surface area contributed by atoms with Gasteiger partial charge in [0, 0.05) is 12.1 Å². The van der Waals surface area contributed by atoms with Crippen LogP contribution in [0.15, 0.2) is 30.3 Å². The van der Waals surface area contributed by atoms with Crippen LogP contribution >= 0.6 is 0 Å². The summed E-state index contributed by atoms with van der Waals surface area (Å²) in [7, 11) is 3.73. The van der Waals surface area contributed by atoms with Gasteiger partial charge in [-0.2, -0.15) is 4.68 Å². The Hall–Kier alpha value is -3.13. The normalized spacial score (nSPS) is 18.2. The third-order valence-electron chi connectivity index (χ3n) is 5.41. The fourth-order valence-corrected chi connectivity index (χ4v) is 3.99. The van der Waals surface area contributed by atoms with E-state index in [0.29, 0.717) is 11.5 Å². The average Bonchev–Trinajstić information content (AvgIpc) is 3.36. The summed E-state index contributed by atoms with van der Waals surface area (Å²) >= 11 is 0. The van der Waals surface area contributed by atoms with Gasteiger partial charge in [-0.05, 0) is 54.6 Å². The third kappa shape index (κ3) is 2.52. The highest BCUT2D eigenvalue weighted by molar-refractivity contribution is 5.62. The van der Waals surface area contributed by atoms with Crippen LogP contribution in [-0.2, 0) is 6.42 Å². The molecule has 0 amide bonds. The lowest BCUT2D eigenvalue weighted by Crippen LogP contribution is -2.35. The molecule has 2 aliphatic rings. The molecular weight excluding hydrogens is 358 g/mol. The van der Waals surface area contributed by atoms with Crippen LogP contribution in [0, 0.1) is 6.92 Å². The Bertz CT molecular complexity index is 1030. The molecule has 144 valence electrons. The Morgan fingerprint density at radius 1 is 1.18 bits per heavy atom. The zero-order chi connectivity index (χ0) is 19.3. The summed E-state index contributed by atoms with van der Waals surface area (Å²) in [5, 5.41) is 12.6. The maximum atomic E-state index is 5.78. The molecule has 8 nitrogen and oxygen atoms in total. The lowest BCUT2D eigenvalue weighted by Gasteiger charge is -2.34. The summed E-state index contributed by atoms with van der Waals surface area (Å²) in [6, 6.07) is 10.0. The van der Waals surface area contributed by atoms with E-state index in [2.05, 4.69) is 52.6 Å². The predicted octanol–water partition coefficient (Wildman–Crippen LogP) is 2.29. The second-order valence-corrected chi connectivity index (χ2v) is 7.13. The first-order valence-electron chi connectivity index (χ1n) is 9.22. The summed E-state index contributed by atoms with van der Waals surface area (Å²) in [5.74, 6) is 2.82. The summed E-state index contributed by atoms with van der Waals surface area (Å²) < 4.78 is 18.9. The molecule has 2 aliphatic heterocycles. The number of nitrogens with zero attached hydrogens (tertiary/aromatic N) is 5. The largest absolute Gasteiger partial charge is 0.492 e. The molecule has 0 saturated carbocycles. The third-order valence-corrected chi connectivity index (χ3v) is 5.41. The molecule has 0 N–H and O–H groups in total. The van der Waals surface area contributed by atoms with Gasteiger partial charge in [-0.25, -0.2) is 0 Å². The summed E-state index contributed by atoms with van der Waals surface area (Å²) in [5.41, 5.74) is 4.31. The Morgan fingerprint density at radius 2 is 2.00 bits per heavy atom. The Labute approximate surface area is 162 Å². The van der Waals surface area contributed by atoms with E-state index in [1.165, 1.54) is 11.1 Å². The number of aromatic nitrogens is 4. The van der Waals surface area contributed by atoms with Gasteiger partial charge in [-0.1, -0.05) is 17.7 Å². The SMILES string of the molecule is COc1c2c(cc3c1[C@@H](c1nnnn1-c1ccc(C)cc1)N(C)CC3)OCO2. The van der Waals surface area contributed by atoms with Crippen LogP contribution in [0.1, 0.15) is 28.6 Å². The number of fused-ring (bicyclic) bond motifs is 2. The number of hydrogen-bond acceptors (Lipinski definition) is 7. The maximum Gasteiger partial charge on any atom is 0.231 e. The minimum absolute atomic E-state index is 0.162. The van der Waals surface area contributed by atoms with Gasteiger partial charge in [0.2, 0.25) is 12.5 Å². The topological polar surface area (TPSA) is 74.5 Å². The summed E-state index contributed by atoms with van der Waals surface area (Å²) in [4.78, 5) is 2.24. The molecule has 0 bridgehead atoms. The fourth-order valence-electron chi connectivity index (χ4n) is 3.99. The maximum absolute atomic E-state index is 5.78. The quantitative estimate of drug-likeness (QED) is 0.691. The second kappa shape index (κ2) is 6.49. The molecular formula is C20H21N5O3. The predicted molar refractivity (Wildman–Crippen MR) is 101 cm³/mol. The molecule has 0 radical (unpaired) electrons. The van der Waals surface area contributed by atoms with Crippen molar-refractivity contribution in [2.45, 2.75) is 19.4 Å². The number of rotatable bonds is 3. The van der Waals surface area contributed by atoms with Crippen molar-refractivity contribution in [3.05, 3.63) is 52.8 Å². The average molecular weight is 379 g/mol. The van der Waals surface area contributed by atoms with E-state index < -0.39 is 0 Å². The van der Waals surface area contributed by atoms with Gasteiger partial charge in [0.25, 0.3) is 0 Å². The fraction of sp³-hybridized carbons (Fsp3) is 0.350. The van der Waals surface area contributed by atoms with E-state index in [1.807, 2.05) is 12.1 Å². The Balaban J connectivity index is 1.69. The van der Waals surface area contributed by atoms with Gasteiger partial charge >= 0.3 is 0 Å². The molecule has 5 rings (SSSR count). The van der Waals surface area contributed by atoms with Crippen molar-refractivity contribution < 1.29 is 14.2 Å². The highest BCUT2D eigenvalue weighted by Crippen LogP contribution is 2.50. The number of ether oxygens (including phenoxy) is 3. The summed E-state index contributed by atoms with van der Waals surface area (Å²) in [6.07, 6.45) is 0.890. The van der Waals surface area contributed by atoms with Crippen molar-refractivity contribution in [3.63, 3.8) is 0 Å².